The highest BCUT2D eigenvalue weighted by Gasteiger charge is 2.35. The van der Waals surface area contributed by atoms with Crippen LogP contribution in [0.1, 0.15) is 24.0 Å². The molecule has 2 heterocycles. The van der Waals surface area contributed by atoms with Crippen LogP contribution in [0.5, 0.6) is 0 Å². The van der Waals surface area contributed by atoms with Gasteiger partial charge in [-0.25, -0.2) is 0 Å². The number of hydrogen-bond acceptors (Lipinski definition) is 2. The van der Waals surface area contributed by atoms with Crippen LogP contribution in [0.15, 0.2) is 54.9 Å². The Hall–Kier alpha value is -1.67. The van der Waals surface area contributed by atoms with Crippen LogP contribution in [0.4, 0.5) is 0 Å². The van der Waals surface area contributed by atoms with Crippen molar-refractivity contribution < 1.29 is 0 Å². The number of nitrogens with one attached hydrogen (secondary N) is 1. The third kappa shape index (κ3) is 1.93. The highest BCUT2D eigenvalue weighted by Crippen LogP contribution is 2.39. The highest BCUT2D eigenvalue weighted by molar-refractivity contribution is 5.38. The van der Waals surface area contributed by atoms with Crippen LogP contribution in [0.25, 0.3) is 0 Å². The van der Waals surface area contributed by atoms with E-state index in [1.165, 1.54) is 11.1 Å². The first-order valence-electron chi connectivity index (χ1n) is 6.59. The summed E-state index contributed by atoms with van der Waals surface area (Å²) >= 11 is 0. The number of piperidine rings is 1. The van der Waals surface area contributed by atoms with Crippen molar-refractivity contribution in [1.82, 2.24) is 10.3 Å². The molecule has 1 aromatic heterocycles. The summed E-state index contributed by atoms with van der Waals surface area (Å²) in [5, 5.41) is 3.46. The van der Waals surface area contributed by atoms with Gasteiger partial charge in [-0.1, -0.05) is 36.4 Å². The summed E-state index contributed by atoms with van der Waals surface area (Å²) in [6, 6.07) is 15.1. The predicted molar refractivity (Wildman–Crippen MR) is 73.6 cm³/mol. The largest absolute Gasteiger partial charge is 0.317 e. The molecule has 0 amide bonds. The van der Waals surface area contributed by atoms with Crippen molar-refractivity contribution in [3.63, 3.8) is 0 Å². The number of hydrogen-bond donors (Lipinski definition) is 1. The fourth-order valence-corrected chi connectivity index (χ4v) is 3.00. The van der Waals surface area contributed by atoms with Crippen LogP contribution < -0.4 is 5.32 Å². The minimum atomic E-state index is 0.140. The second-order valence-corrected chi connectivity index (χ2v) is 4.94. The Balaban J connectivity index is 2.10. The van der Waals surface area contributed by atoms with Gasteiger partial charge < -0.3 is 5.32 Å². The molecule has 0 saturated carbocycles. The number of pyridine rings is 1. The van der Waals surface area contributed by atoms with Gasteiger partial charge in [0, 0.05) is 17.8 Å². The predicted octanol–water partition coefficient (Wildman–Crippen LogP) is 2.75. The van der Waals surface area contributed by atoms with Crippen LogP contribution in [-0.4, -0.2) is 18.1 Å². The average molecular weight is 238 g/mol. The van der Waals surface area contributed by atoms with E-state index in [0.717, 1.165) is 25.9 Å². The third-order valence-corrected chi connectivity index (χ3v) is 4.00. The van der Waals surface area contributed by atoms with Crippen molar-refractivity contribution in [2.45, 2.75) is 18.3 Å². The van der Waals surface area contributed by atoms with Crippen LogP contribution in [0.3, 0.4) is 0 Å². The molecule has 18 heavy (non-hydrogen) atoms. The maximum atomic E-state index is 4.31. The average Bonchev–Trinajstić information content (AvgIpc) is 2.50. The fraction of sp³-hybridized carbons (Fsp3) is 0.312. The summed E-state index contributed by atoms with van der Waals surface area (Å²) in [6.45, 7) is 2.15. The number of nitrogens with zero attached hydrogens (tertiary/aromatic N) is 1. The fourth-order valence-electron chi connectivity index (χ4n) is 3.00. The molecule has 2 nitrogen and oxygen atoms in total. The molecule has 1 aliphatic heterocycles. The molecule has 1 fully saturated rings. The normalized spacial score (nSPS) is 18.4. The van der Waals surface area contributed by atoms with E-state index in [1.807, 2.05) is 18.5 Å². The van der Waals surface area contributed by atoms with E-state index >= 15 is 0 Å². The van der Waals surface area contributed by atoms with Crippen LogP contribution >= 0.6 is 0 Å². The van der Waals surface area contributed by atoms with Gasteiger partial charge in [0.1, 0.15) is 0 Å². The summed E-state index contributed by atoms with van der Waals surface area (Å²) in [4.78, 5) is 4.31. The molecule has 1 N–H and O–H groups in total. The molecule has 0 atom stereocenters. The zero-order valence-electron chi connectivity index (χ0n) is 10.5. The lowest BCUT2D eigenvalue weighted by Gasteiger charge is -2.38. The van der Waals surface area contributed by atoms with Crippen molar-refractivity contribution in [2.24, 2.45) is 0 Å². The smallest absolute Gasteiger partial charge is 0.0308 e. The Morgan fingerprint density at radius 1 is 0.889 bits per heavy atom. The highest BCUT2D eigenvalue weighted by atomic mass is 14.9. The third-order valence-electron chi connectivity index (χ3n) is 4.00. The van der Waals surface area contributed by atoms with Gasteiger partial charge in [0.2, 0.25) is 0 Å². The van der Waals surface area contributed by atoms with Gasteiger partial charge >= 0.3 is 0 Å². The molecule has 92 valence electrons. The van der Waals surface area contributed by atoms with Crippen molar-refractivity contribution in [1.29, 1.82) is 0 Å². The van der Waals surface area contributed by atoms with Crippen molar-refractivity contribution in [2.75, 3.05) is 13.1 Å². The van der Waals surface area contributed by atoms with Gasteiger partial charge in [-0.15, -0.1) is 0 Å². The van der Waals surface area contributed by atoms with E-state index in [0.29, 0.717) is 0 Å². The quantitative estimate of drug-likeness (QED) is 0.870. The van der Waals surface area contributed by atoms with E-state index < -0.39 is 0 Å². The Labute approximate surface area is 108 Å². The first-order chi connectivity index (χ1) is 8.92. The molecule has 1 saturated heterocycles. The van der Waals surface area contributed by atoms with Gasteiger partial charge in [0.05, 0.1) is 0 Å². The van der Waals surface area contributed by atoms with Gasteiger partial charge in [-0.3, -0.25) is 4.98 Å². The second-order valence-electron chi connectivity index (χ2n) is 4.94. The van der Waals surface area contributed by atoms with Gasteiger partial charge in [-0.05, 0) is 43.1 Å². The first-order valence-corrected chi connectivity index (χ1v) is 6.59. The summed E-state index contributed by atoms with van der Waals surface area (Å²) < 4.78 is 0. The molecule has 0 radical (unpaired) electrons. The molecule has 0 aliphatic carbocycles. The standard InChI is InChI=1S/C16H18N2/c1-2-5-14(6-3-1)16(8-11-17-12-9-16)15-7-4-10-18-13-15/h1-7,10,13,17H,8-9,11-12H2. The van der Waals surface area contributed by atoms with Crippen molar-refractivity contribution >= 4 is 0 Å². The second kappa shape index (κ2) is 4.91. The molecular formula is C16H18N2. The molecular weight excluding hydrogens is 220 g/mol. The molecule has 1 aromatic carbocycles. The lowest BCUT2D eigenvalue weighted by Crippen LogP contribution is -2.40. The van der Waals surface area contributed by atoms with Gasteiger partial charge in [0.25, 0.3) is 0 Å². The van der Waals surface area contributed by atoms with E-state index in [-0.39, 0.29) is 5.41 Å². The zero-order chi connectivity index (χ0) is 12.3. The van der Waals surface area contributed by atoms with E-state index in [1.54, 1.807) is 0 Å². The number of aromatic nitrogens is 1. The summed E-state index contributed by atoms with van der Waals surface area (Å²) in [7, 11) is 0. The Bertz CT molecular complexity index is 446. The summed E-state index contributed by atoms with van der Waals surface area (Å²) in [6.07, 6.45) is 6.16. The lowest BCUT2D eigenvalue weighted by molar-refractivity contribution is 0.361. The Kier molecular flexibility index (Phi) is 3.11. The molecule has 2 heteroatoms. The van der Waals surface area contributed by atoms with Crippen LogP contribution in [-0.2, 0) is 5.41 Å². The molecule has 2 aromatic rings. The van der Waals surface area contributed by atoms with E-state index in [4.69, 9.17) is 0 Å². The molecule has 3 rings (SSSR count). The number of rotatable bonds is 2. The maximum absolute atomic E-state index is 4.31. The monoisotopic (exact) mass is 238 g/mol. The Morgan fingerprint density at radius 3 is 2.28 bits per heavy atom. The SMILES string of the molecule is c1ccc(C2(c3cccnc3)CCNCC2)cc1. The van der Waals surface area contributed by atoms with E-state index in [9.17, 15) is 0 Å². The maximum Gasteiger partial charge on any atom is 0.0308 e. The summed E-state index contributed by atoms with van der Waals surface area (Å²) in [5.74, 6) is 0. The Morgan fingerprint density at radius 2 is 1.61 bits per heavy atom. The van der Waals surface area contributed by atoms with E-state index in [2.05, 4.69) is 46.7 Å². The minimum Gasteiger partial charge on any atom is -0.317 e. The van der Waals surface area contributed by atoms with Crippen LogP contribution in [0.2, 0.25) is 0 Å². The molecule has 0 unspecified atom stereocenters. The zero-order valence-corrected chi connectivity index (χ0v) is 10.5. The lowest BCUT2D eigenvalue weighted by atomic mass is 9.69. The minimum absolute atomic E-state index is 0.140. The topological polar surface area (TPSA) is 24.9 Å². The van der Waals surface area contributed by atoms with Crippen molar-refractivity contribution in [3.8, 4) is 0 Å². The van der Waals surface area contributed by atoms with Crippen LogP contribution in [0, 0.1) is 0 Å². The molecule has 0 spiro atoms. The first kappa shape index (κ1) is 11.4. The summed E-state index contributed by atoms with van der Waals surface area (Å²) in [5.41, 5.74) is 2.90. The van der Waals surface area contributed by atoms with Gasteiger partial charge in [0.15, 0.2) is 0 Å². The molecule has 0 bridgehead atoms. The van der Waals surface area contributed by atoms with Gasteiger partial charge in [-0.2, -0.15) is 0 Å². The molecule has 1 aliphatic rings. The number of benzene rings is 1. The van der Waals surface area contributed by atoms with Crippen molar-refractivity contribution in [3.05, 3.63) is 66.0 Å².